The molecule has 0 bridgehead atoms. The Morgan fingerprint density at radius 1 is 0.615 bits per heavy atom. The van der Waals surface area contributed by atoms with Crippen molar-refractivity contribution in [1.82, 2.24) is 0 Å². The molecule has 1 aliphatic heterocycles. The zero-order valence-electron chi connectivity index (χ0n) is 23.4. The Balaban J connectivity index is 1.39. The molecule has 0 aromatic heterocycles. The van der Waals surface area contributed by atoms with Crippen LogP contribution in [0, 0.1) is 5.41 Å². The zero-order valence-corrected chi connectivity index (χ0v) is 23.4. The molecule has 1 heteroatoms. The Morgan fingerprint density at radius 2 is 1.31 bits per heavy atom. The topological polar surface area (TPSA) is 3.24 Å². The van der Waals surface area contributed by atoms with E-state index < -0.39 is 0 Å². The quantitative estimate of drug-likeness (QED) is 0.212. The molecule has 1 saturated carbocycles. The van der Waals surface area contributed by atoms with Crippen LogP contribution in [0.15, 0.2) is 103 Å². The standard InChI is InChI=1S/C38H35N/c1-36(2)22-9-23-37(3)32-24-28(18-21-33(32)39(38(36,37)4)29-12-6-5-7-13-29)30-19-16-27-15-14-25-10-8-11-26-17-20-31(30)35(27)34(25)26/h5-8,10-21,24H,9,22-23H2,1-4H3. The van der Waals surface area contributed by atoms with Gasteiger partial charge in [-0.3, -0.25) is 0 Å². The number of nitrogens with zero attached hydrogens (tertiary/aromatic N) is 1. The Kier molecular flexibility index (Phi) is 4.52. The average Bonchev–Trinajstić information content (AvgIpc) is 3.16. The normalized spacial score (nSPS) is 23.9. The third kappa shape index (κ3) is 2.81. The van der Waals surface area contributed by atoms with Crippen LogP contribution in [0.25, 0.3) is 43.4 Å². The molecule has 0 N–H and O–H groups in total. The molecule has 2 aliphatic rings. The van der Waals surface area contributed by atoms with Gasteiger partial charge in [-0.2, -0.15) is 0 Å². The van der Waals surface area contributed by atoms with Crippen LogP contribution in [0.3, 0.4) is 0 Å². The number of rotatable bonds is 2. The van der Waals surface area contributed by atoms with Crippen molar-refractivity contribution in [3.05, 3.63) is 109 Å². The van der Waals surface area contributed by atoms with Crippen molar-refractivity contribution in [3.8, 4) is 11.1 Å². The first-order valence-corrected chi connectivity index (χ1v) is 14.5. The first-order chi connectivity index (χ1) is 18.8. The van der Waals surface area contributed by atoms with Gasteiger partial charge in [-0.25, -0.2) is 0 Å². The van der Waals surface area contributed by atoms with Gasteiger partial charge in [0.05, 0.1) is 5.54 Å². The number of para-hydroxylation sites is 1. The molecule has 0 spiro atoms. The zero-order chi connectivity index (χ0) is 26.6. The highest BCUT2D eigenvalue weighted by Crippen LogP contribution is 2.66. The Bertz CT molecular complexity index is 1880. The van der Waals surface area contributed by atoms with Crippen LogP contribution >= 0.6 is 0 Å². The van der Waals surface area contributed by atoms with E-state index in [1.54, 1.807) is 0 Å². The van der Waals surface area contributed by atoms with Crippen LogP contribution < -0.4 is 4.90 Å². The minimum atomic E-state index is -0.0246. The molecule has 2 atom stereocenters. The Hall–Kier alpha value is -3.84. The van der Waals surface area contributed by atoms with Gasteiger partial charge in [-0.15, -0.1) is 0 Å². The summed E-state index contributed by atoms with van der Waals surface area (Å²) in [5.74, 6) is 0. The van der Waals surface area contributed by atoms with Gasteiger partial charge in [-0.1, -0.05) is 106 Å². The van der Waals surface area contributed by atoms with Crippen LogP contribution in [-0.2, 0) is 5.41 Å². The monoisotopic (exact) mass is 505 g/mol. The molecule has 6 aromatic rings. The van der Waals surface area contributed by atoms with Gasteiger partial charge >= 0.3 is 0 Å². The van der Waals surface area contributed by atoms with Crippen molar-refractivity contribution in [1.29, 1.82) is 0 Å². The van der Waals surface area contributed by atoms with E-state index in [9.17, 15) is 0 Å². The summed E-state index contributed by atoms with van der Waals surface area (Å²) in [7, 11) is 0. The second kappa shape index (κ2) is 7.63. The number of benzene rings is 6. The molecule has 1 nitrogen and oxygen atoms in total. The lowest BCUT2D eigenvalue weighted by atomic mass is 9.51. The summed E-state index contributed by atoms with van der Waals surface area (Å²) in [6.45, 7) is 10.1. The summed E-state index contributed by atoms with van der Waals surface area (Å²) in [6.07, 6.45) is 3.73. The SMILES string of the molecule is CC1(C)CCCC2(C)c3cc(-c4ccc5ccc6cccc7ccc4c5c67)ccc3N(c3ccccc3)C12C. The highest BCUT2D eigenvalue weighted by Gasteiger charge is 2.64. The number of anilines is 2. The molecular weight excluding hydrogens is 470 g/mol. The van der Waals surface area contributed by atoms with Crippen molar-refractivity contribution in [2.45, 2.75) is 57.9 Å². The predicted octanol–water partition coefficient (Wildman–Crippen LogP) is 10.6. The highest BCUT2D eigenvalue weighted by molar-refractivity contribution is 6.25. The lowest BCUT2D eigenvalue weighted by Gasteiger charge is -2.59. The van der Waals surface area contributed by atoms with Crippen molar-refractivity contribution in [2.75, 3.05) is 4.90 Å². The molecule has 0 saturated heterocycles. The first-order valence-electron chi connectivity index (χ1n) is 14.5. The van der Waals surface area contributed by atoms with Crippen LogP contribution in [0.4, 0.5) is 11.4 Å². The fourth-order valence-electron chi connectivity index (χ4n) is 8.61. The van der Waals surface area contributed by atoms with Gasteiger partial charge in [0.1, 0.15) is 0 Å². The molecule has 1 heterocycles. The summed E-state index contributed by atoms with van der Waals surface area (Å²) in [5.41, 5.74) is 7.05. The fourth-order valence-corrected chi connectivity index (χ4v) is 8.61. The van der Waals surface area contributed by atoms with Gasteiger partial charge in [0.2, 0.25) is 0 Å². The van der Waals surface area contributed by atoms with E-state index in [1.807, 2.05) is 0 Å². The molecule has 0 amide bonds. The summed E-state index contributed by atoms with van der Waals surface area (Å²) in [4.78, 5) is 2.69. The van der Waals surface area contributed by atoms with Crippen molar-refractivity contribution >= 4 is 43.7 Å². The van der Waals surface area contributed by atoms with E-state index >= 15 is 0 Å². The van der Waals surface area contributed by atoms with Gasteiger partial charge in [-0.05, 0) is 98.5 Å². The van der Waals surface area contributed by atoms with Crippen LogP contribution in [0.5, 0.6) is 0 Å². The van der Waals surface area contributed by atoms with E-state index in [0.29, 0.717) is 0 Å². The molecule has 2 unspecified atom stereocenters. The highest BCUT2D eigenvalue weighted by atomic mass is 15.3. The maximum atomic E-state index is 2.69. The summed E-state index contributed by atoms with van der Waals surface area (Å²) in [6, 6.07) is 38.9. The van der Waals surface area contributed by atoms with Gasteiger partial charge in [0.25, 0.3) is 0 Å². The molecule has 0 radical (unpaired) electrons. The number of hydrogen-bond acceptors (Lipinski definition) is 1. The maximum absolute atomic E-state index is 2.69. The van der Waals surface area contributed by atoms with E-state index in [-0.39, 0.29) is 16.4 Å². The van der Waals surface area contributed by atoms with Gasteiger partial charge < -0.3 is 4.90 Å². The molecule has 39 heavy (non-hydrogen) atoms. The molecule has 6 aromatic carbocycles. The van der Waals surface area contributed by atoms with Crippen molar-refractivity contribution < 1.29 is 0 Å². The second-order valence-electron chi connectivity index (χ2n) is 13.0. The summed E-state index contributed by atoms with van der Waals surface area (Å²) >= 11 is 0. The third-order valence-corrected chi connectivity index (χ3v) is 11.0. The van der Waals surface area contributed by atoms with Gasteiger partial charge in [0.15, 0.2) is 0 Å². The second-order valence-corrected chi connectivity index (χ2v) is 13.0. The fraction of sp³-hybridized carbons (Fsp3) is 0.263. The van der Waals surface area contributed by atoms with Crippen LogP contribution in [-0.4, -0.2) is 5.54 Å². The number of hydrogen-bond donors (Lipinski definition) is 0. The minimum Gasteiger partial charge on any atom is -0.334 e. The molecule has 8 rings (SSSR count). The average molecular weight is 506 g/mol. The van der Waals surface area contributed by atoms with Crippen molar-refractivity contribution in [2.24, 2.45) is 5.41 Å². The Morgan fingerprint density at radius 3 is 2.08 bits per heavy atom. The summed E-state index contributed by atoms with van der Waals surface area (Å²) in [5, 5.41) is 8.10. The molecule has 192 valence electrons. The van der Waals surface area contributed by atoms with E-state index in [0.717, 1.165) is 0 Å². The lowest BCUT2D eigenvalue weighted by molar-refractivity contribution is 0.0484. The van der Waals surface area contributed by atoms with Gasteiger partial charge in [0, 0.05) is 16.8 Å². The lowest BCUT2D eigenvalue weighted by Crippen LogP contribution is -2.64. The predicted molar refractivity (Wildman–Crippen MR) is 168 cm³/mol. The first kappa shape index (κ1) is 23.1. The molecular formula is C38H35N. The van der Waals surface area contributed by atoms with Crippen LogP contribution in [0.1, 0.15) is 52.5 Å². The van der Waals surface area contributed by atoms with E-state index in [1.165, 1.54) is 79.6 Å². The van der Waals surface area contributed by atoms with E-state index in [4.69, 9.17) is 0 Å². The third-order valence-electron chi connectivity index (χ3n) is 11.0. The summed E-state index contributed by atoms with van der Waals surface area (Å²) < 4.78 is 0. The minimum absolute atomic E-state index is 0.0246. The largest absolute Gasteiger partial charge is 0.334 e. The van der Waals surface area contributed by atoms with Crippen molar-refractivity contribution in [3.63, 3.8) is 0 Å². The molecule has 1 aliphatic carbocycles. The molecule has 1 fully saturated rings. The van der Waals surface area contributed by atoms with Crippen LogP contribution in [0.2, 0.25) is 0 Å². The van der Waals surface area contributed by atoms with E-state index in [2.05, 4.69) is 136 Å². The smallest absolute Gasteiger partial charge is 0.0568 e. The number of fused-ring (bicyclic) bond motifs is 3. The maximum Gasteiger partial charge on any atom is 0.0568 e. The Labute approximate surface area is 231 Å².